The van der Waals surface area contributed by atoms with E-state index in [1.165, 1.54) is 11.3 Å². The number of amides is 1. The smallest absolute Gasteiger partial charge is 0.277 e. The lowest BCUT2D eigenvalue weighted by molar-refractivity contribution is 0.0956. The number of rotatable bonds is 6. The first-order chi connectivity index (χ1) is 10.2. The highest BCUT2D eigenvalue weighted by Crippen LogP contribution is 2.23. The number of nitrogens with two attached hydrogens (primary N) is 1. The van der Waals surface area contributed by atoms with Crippen LogP contribution in [0.4, 0.5) is 0 Å². The van der Waals surface area contributed by atoms with Crippen molar-refractivity contribution in [2.75, 3.05) is 7.11 Å². The Bertz CT molecular complexity index is 608. The molecule has 0 saturated carbocycles. The van der Waals surface area contributed by atoms with Gasteiger partial charge in [0.25, 0.3) is 5.91 Å². The van der Waals surface area contributed by atoms with E-state index in [9.17, 15) is 4.79 Å². The number of nitrogens with one attached hydrogen (secondary N) is 1. The number of hydrogen-bond acceptors (Lipinski definition) is 5. The van der Waals surface area contributed by atoms with Crippen molar-refractivity contribution in [3.63, 3.8) is 0 Å². The normalized spacial score (nSPS) is 10.4. The Morgan fingerprint density at radius 3 is 2.67 bits per heavy atom. The number of carbonyl (C=O) groups excluding carboxylic acids is 1. The zero-order valence-electron chi connectivity index (χ0n) is 12.2. The molecule has 5 nitrogen and oxygen atoms in total. The minimum Gasteiger partial charge on any atom is -0.497 e. The van der Waals surface area contributed by atoms with Gasteiger partial charge in [-0.05, 0) is 24.1 Å². The number of hydrogen-bond donors (Lipinski definition) is 2. The summed E-state index contributed by atoms with van der Waals surface area (Å²) in [4.78, 5) is 17.0. The fourth-order valence-corrected chi connectivity index (χ4v) is 3.09. The first-order valence-corrected chi connectivity index (χ1v) is 7.62. The van der Waals surface area contributed by atoms with Crippen molar-refractivity contribution in [2.24, 2.45) is 5.84 Å². The molecule has 0 spiro atoms. The average Bonchev–Trinajstić information content (AvgIpc) is 2.90. The van der Waals surface area contributed by atoms with E-state index in [1.54, 1.807) is 7.11 Å². The van der Waals surface area contributed by atoms with Crippen molar-refractivity contribution in [1.82, 2.24) is 10.4 Å². The van der Waals surface area contributed by atoms with Crippen LogP contribution in [0.15, 0.2) is 24.3 Å². The molecule has 2 aromatic rings. The largest absolute Gasteiger partial charge is 0.497 e. The summed E-state index contributed by atoms with van der Waals surface area (Å²) >= 11 is 1.40. The molecule has 1 heterocycles. The Morgan fingerprint density at radius 2 is 2.10 bits per heavy atom. The molecule has 0 fully saturated rings. The number of benzene rings is 1. The third-order valence-corrected chi connectivity index (χ3v) is 4.18. The van der Waals surface area contributed by atoms with Crippen molar-refractivity contribution in [2.45, 2.75) is 26.2 Å². The third kappa shape index (κ3) is 3.80. The highest BCUT2D eigenvalue weighted by Gasteiger charge is 2.16. The van der Waals surface area contributed by atoms with E-state index in [0.717, 1.165) is 34.9 Å². The lowest BCUT2D eigenvalue weighted by atomic mass is 10.1. The zero-order valence-corrected chi connectivity index (χ0v) is 13.0. The summed E-state index contributed by atoms with van der Waals surface area (Å²) in [6.07, 6.45) is 2.42. The fourth-order valence-electron chi connectivity index (χ4n) is 2.04. The van der Waals surface area contributed by atoms with E-state index in [0.29, 0.717) is 11.3 Å². The maximum atomic E-state index is 11.8. The molecule has 21 heavy (non-hydrogen) atoms. The van der Waals surface area contributed by atoms with Gasteiger partial charge in [-0.25, -0.2) is 10.8 Å². The van der Waals surface area contributed by atoms with Crippen LogP contribution in [-0.4, -0.2) is 18.0 Å². The van der Waals surface area contributed by atoms with Crippen molar-refractivity contribution >= 4 is 17.2 Å². The molecular formula is C15H19N3O2S. The van der Waals surface area contributed by atoms with Crippen LogP contribution in [-0.2, 0) is 12.8 Å². The van der Waals surface area contributed by atoms with Gasteiger partial charge in [-0.3, -0.25) is 10.2 Å². The molecule has 2 rings (SSSR count). The van der Waals surface area contributed by atoms with E-state index in [-0.39, 0.29) is 5.91 Å². The first-order valence-electron chi connectivity index (χ1n) is 6.80. The number of carbonyl (C=O) groups is 1. The summed E-state index contributed by atoms with van der Waals surface area (Å²) in [7, 11) is 1.64. The molecule has 0 unspecified atom stereocenters. The predicted octanol–water partition coefficient (Wildman–Crippen LogP) is 2.30. The van der Waals surface area contributed by atoms with Crippen LogP contribution in [0.1, 0.15) is 39.3 Å². The molecule has 0 aliphatic carbocycles. The van der Waals surface area contributed by atoms with E-state index in [4.69, 9.17) is 10.6 Å². The van der Waals surface area contributed by atoms with Crippen molar-refractivity contribution < 1.29 is 9.53 Å². The van der Waals surface area contributed by atoms with Crippen LogP contribution in [0.5, 0.6) is 5.75 Å². The van der Waals surface area contributed by atoms with Gasteiger partial charge >= 0.3 is 0 Å². The second-order valence-electron chi connectivity index (χ2n) is 4.63. The number of hydrazine groups is 1. The maximum absolute atomic E-state index is 11.8. The van der Waals surface area contributed by atoms with Gasteiger partial charge in [0, 0.05) is 6.42 Å². The second kappa shape index (κ2) is 7.19. The molecule has 0 saturated heterocycles. The summed E-state index contributed by atoms with van der Waals surface area (Å²) in [6.45, 7) is 2.06. The summed E-state index contributed by atoms with van der Waals surface area (Å²) in [5, 5.41) is 0.919. The first kappa shape index (κ1) is 15.5. The second-order valence-corrected chi connectivity index (χ2v) is 5.72. The highest BCUT2D eigenvalue weighted by atomic mass is 32.1. The van der Waals surface area contributed by atoms with Gasteiger partial charge in [-0.2, -0.15) is 0 Å². The molecule has 1 aromatic carbocycles. The van der Waals surface area contributed by atoms with Crippen molar-refractivity contribution in [3.8, 4) is 5.75 Å². The lowest BCUT2D eigenvalue weighted by Crippen LogP contribution is -2.30. The molecule has 1 aromatic heterocycles. The monoisotopic (exact) mass is 305 g/mol. The van der Waals surface area contributed by atoms with Gasteiger partial charge in [-0.15, -0.1) is 11.3 Å². The quantitative estimate of drug-likeness (QED) is 0.488. The predicted molar refractivity (Wildman–Crippen MR) is 83.6 cm³/mol. The van der Waals surface area contributed by atoms with Crippen LogP contribution in [0.3, 0.4) is 0 Å². The van der Waals surface area contributed by atoms with E-state index in [1.807, 2.05) is 24.3 Å². The van der Waals surface area contributed by atoms with Crippen molar-refractivity contribution in [1.29, 1.82) is 0 Å². The Balaban J connectivity index is 2.20. The Hall–Kier alpha value is -1.92. The number of methoxy groups -OCH3 is 1. The van der Waals surface area contributed by atoms with Crippen molar-refractivity contribution in [3.05, 3.63) is 45.4 Å². The van der Waals surface area contributed by atoms with Crippen LogP contribution in [0, 0.1) is 0 Å². The summed E-state index contributed by atoms with van der Waals surface area (Å²) < 4.78 is 5.14. The lowest BCUT2D eigenvalue weighted by Gasteiger charge is -2.01. The van der Waals surface area contributed by atoms with Gasteiger partial charge in [-0.1, -0.05) is 25.5 Å². The summed E-state index contributed by atoms with van der Waals surface area (Å²) in [6, 6.07) is 7.84. The summed E-state index contributed by atoms with van der Waals surface area (Å²) in [5.41, 5.74) is 4.15. The van der Waals surface area contributed by atoms with Crippen LogP contribution in [0.2, 0.25) is 0 Å². The topological polar surface area (TPSA) is 77.2 Å². The highest BCUT2D eigenvalue weighted by molar-refractivity contribution is 7.13. The molecule has 3 N–H and O–H groups in total. The minimum absolute atomic E-state index is 0.267. The van der Waals surface area contributed by atoms with Gasteiger partial charge in [0.1, 0.15) is 10.6 Å². The Morgan fingerprint density at radius 1 is 1.38 bits per heavy atom. The van der Waals surface area contributed by atoms with E-state index in [2.05, 4.69) is 17.3 Å². The summed E-state index contributed by atoms with van der Waals surface area (Å²) in [5.74, 6) is 5.79. The molecule has 112 valence electrons. The number of thiazole rings is 1. The molecule has 0 atom stereocenters. The number of nitrogen functional groups attached to an aromatic ring is 1. The van der Waals surface area contributed by atoms with Crippen LogP contribution >= 0.6 is 11.3 Å². The van der Waals surface area contributed by atoms with Gasteiger partial charge < -0.3 is 4.74 Å². The van der Waals surface area contributed by atoms with E-state index >= 15 is 0 Å². The van der Waals surface area contributed by atoms with Gasteiger partial charge in [0.2, 0.25) is 0 Å². The number of ether oxygens (including phenoxy) is 1. The maximum Gasteiger partial charge on any atom is 0.277 e. The fraction of sp³-hybridized carbons (Fsp3) is 0.333. The van der Waals surface area contributed by atoms with Crippen LogP contribution < -0.4 is 16.0 Å². The van der Waals surface area contributed by atoms with E-state index < -0.39 is 0 Å². The Kier molecular flexibility index (Phi) is 5.30. The molecule has 0 aliphatic rings. The molecule has 0 radical (unpaired) electrons. The molecule has 0 bridgehead atoms. The minimum atomic E-state index is -0.267. The average molecular weight is 305 g/mol. The third-order valence-electron chi connectivity index (χ3n) is 3.08. The SMILES string of the molecule is CCCc1nc(Cc2ccc(OC)cc2)sc1C(=O)NN. The molecule has 1 amide bonds. The van der Waals surface area contributed by atoms with Crippen LogP contribution in [0.25, 0.3) is 0 Å². The standard InChI is InChI=1S/C15H19N3O2S/c1-3-4-12-14(15(19)18-16)21-13(17-12)9-10-5-7-11(20-2)8-6-10/h5-8H,3-4,9,16H2,1-2H3,(H,18,19). The molecular weight excluding hydrogens is 286 g/mol. The number of aromatic nitrogens is 1. The number of nitrogens with zero attached hydrogens (tertiary/aromatic N) is 1. The van der Waals surface area contributed by atoms with Gasteiger partial charge in [0.15, 0.2) is 0 Å². The molecule has 6 heteroatoms. The number of aryl methyl sites for hydroxylation is 1. The zero-order chi connectivity index (χ0) is 15.2. The van der Waals surface area contributed by atoms with Gasteiger partial charge in [0.05, 0.1) is 17.8 Å². The Labute approximate surface area is 128 Å². The molecule has 0 aliphatic heterocycles.